The van der Waals surface area contributed by atoms with Crippen molar-refractivity contribution in [2.75, 3.05) is 36.8 Å². The fraction of sp³-hybridized carbons (Fsp3) is 0.588. The van der Waals surface area contributed by atoms with E-state index in [4.69, 9.17) is 0 Å². The van der Waals surface area contributed by atoms with Crippen LogP contribution in [0.1, 0.15) is 32.3 Å². The van der Waals surface area contributed by atoms with E-state index in [1.807, 2.05) is 0 Å². The quantitative estimate of drug-likeness (QED) is 0.817. The molecular formula is C17H25N3S. The molecule has 0 saturated carbocycles. The molecule has 21 heavy (non-hydrogen) atoms. The second kappa shape index (κ2) is 8.31. The Morgan fingerprint density at radius 3 is 2.71 bits per heavy atom. The largest absolute Gasteiger partial charge is 0.370 e. The van der Waals surface area contributed by atoms with E-state index in [2.05, 4.69) is 48.3 Å². The Morgan fingerprint density at radius 1 is 1.33 bits per heavy atom. The van der Waals surface area contributed by atoms with Gasteiger partial charge in [0.25, 0.3) is 0 Å². The first-order valence-electron chi connectivity index (χ1n) is 7.91. The highest BCUT2D eigenvalue weighted by Crippen LogP contribution is 2.31. The van der Waals surface area contributed by atoms with Gasteiger partial charge in [-0.25, -0.2) is 0 Å². The molecule has 1 saturated heterocycles. The molecule has 1 aliphatic heterocycles. The lowest BCUT2D eigenvalue weighted by atomic mass is 9.97. The van der Waals surface area contributed by atoms with E-state index in [0.29, 0.717) is 0 Å². The first-order valence-corrected chi connectivity index (χ1v) is 8.90. The molecule has 1 heterocycles. The average molecular weight is 303 g/mol. The molecule has 0 spiro atoms. The molecule has 0 amide bonds. The van der Waals surface area contributed by atoms with Crippen LogP contribution in [0.25, 0.3) is 0 Å². The van der Waals surface area contributed by atoms with Crippen LogP contribution in [0, 0.1) is 17.2 Å². The van der Waals surface area contributed by atoms with Crippen molar-refractivity contribution in [3.8, 4) is 6.07 Å². The molecule has 1 aromatic carbocycles. The Morgan fingerprint density at radius 2 is 2.10 bits per heavy atom. The molecule has 0 radical (unpaired) electrons. The van der Waals surface area contributed by atoms with E-state index in [-0.39, 0.29) is 0 Å². The molecule has 0 unspecified atom stereocenters. The summed E-state index contributed by atoms with van der Waals surface area (Å²) in [5.74, 6) is 1.73. The molecule has 1 fully saturated rings. The molecule has 1 aromatic rings. The highest BCUT2D eigenvalue weighted by Gasteiger charge is 2.19. The van der Waals surface area contributed by atoms with Crippen molar-refractivity contribution in [2.45, 2.75) is 31.6 Å². The topological polar surface area (TPSA) is 39.1 Å². The van der Waals surface area contributed by atoms with Gasteiger partial charge in [0.05, 0.1) is 11.3 Å². The summed E-state index contributed by atoms with van der Waals surface area (Å²) < 4.78 is 0. The first-order chi connectivity index (χ1) is 10.3. The fourth-order valence-electron chi connectivity index (χ4n) is 2.94. The third kappa shape index (κ3) is 4.15. The minimum atomic E-state index is 0.736. The van der Waals surface area contributed by atoms with Gasteiger partial charge in [-0.3, -0.25) is 0 Å². The van der Waals surface area contributed by atoms with Gasteiger partial charge in [0, 0.05) is 18.0 Å². The zero-order valence-corrected chi connectivity index (χ0v) is 13.9. The van der Waals surface area contributed by atoms with E-state index in [1.165, 1.54) is 12.8 Å². The smallest absolute Gasteiger partial charge is 0.103 e. The van der Waals surface area contributed by atoms with Gasteiger partial charge in [0.2, 0.25) is 0 Å². The molecule has 0 atom stereocenters. The van der Waals surface area contributed by atoms with Crippen LogP contribution >= 0.6 is 11.8 Å². The van der Waals surface area contributed by atoms with Crippen molar-refractivity contribution in [3.63, 3.8) is 0 Å². The average Bonchev–Trinajstić information content (AvgIpc) is 2.54. The summed E-state index contributed by atoms with van der Waals surface area (Å²) in [6, 6.07) is 8.67. The second-order valence-corrected chi connectivity index (χ2v) is 6.73. The van der Waals surface area contributed by atoms with Gasteiger partial charge in [-0.05, 0) is 56.7 Å². The molecular weight excluding hydrogens is 278 g/mol. The van der Waals surface area contributed by atoms with Crippen LogP contribution < -0.4 is 10.2 Å². The summed E-state index contributed by atoms with van der Waals surface area (Å²) in [7, 11) is 0. The maximum absolute atomic E-state index is 9.58. The number of piperidine rings is 1. The van der Waals surface area contributed by atoms with Gasteiger partial charge >= 0.3 is 0 Å². The zero-order valence-electron chi connectivity index (χ0n) is 13.1. The van der Waals surface area contributed by atoms with Crippen LogP contribution in [-0.2, 0) is 0 Å². The third-order valence-corrected chi connectivity index (χ3v) is 5.02. The Bertz CT molecular complexity index is 489. The van der Waals surface area contributed by atoms with Crippen LogP contribution in [0.4, 0.5) is 5.69 Å². The molecule has 114 valence electrons. The Hall–Kier alpha value is -1.18. The molecule has 4 heteroatoms. The third-order valence-electron chi connectivity index (χ3n) is 4.08. The fourth-order valence-corrected chi connectivity index (χ4v) is 3.73. The van der Waals surface area contributed by atoms with Crippen LogP contribution in [0.15, 0.2) is 23.1 Å². The lowest BCUT2D eigenvalue weighted by Crippen LogP contribution is -2.36. The number of benzene rings is 1. The summed E-state index contributed by atoms with van der Waals surface area (Å²) in [5, 5.41) is 13.0. The van der Waals surface area contributed by atoms with Crippen LogP contribution in [0.3, 0.4) is 0 Å². The van der Waals surface area contributed by atoms with Crippen molar-refractivity contribution in [1.29, 1.82) is 5.26 Å². The number of hydrogen-bond donors (Lipinski definition) is 1. The first kappa shape index (κ1) is 16.2. The van der Waals surface area contributed by atoms with E-state index in [1.54, 1.807) is 11.8 Å². The number of anilines is 1. The summed E-state index contributed by atoms with van der Waals surface area (Å²) in [5.41, 5.74) is 1.96. The van der Waals surface area contributed by atoms with Gasteiger partial charge in [-0.15, -0.1) is 11.8 Å². The molecule has 0 aliphatic carbocycles. The number of nitriles is 1. The van der Waals surface area contributed by atoms with E-state index in [9.17, 15) is 5.26 Å². The Labute approximate surface area is 132 Å². The molecule has 0 bridgehead atoms. The normalized spacial score (nSPS) is 15.7. The zero-order chi connectivity index (χ0) is 15.1. The van der Waals surface area contributed by atoms with Crippen molar-refractivity contribution in [1.82, 2.24) is 5.32 Å². The van der Waals surface area contributed by atoms with Gasteiger partial charge < -0.3 is 10.2 Å². The van der Waals surface area contributed by atoms with Crippen LogP contribution in [0.2, 0.25) is 0 Å². The van der Waals surface area contributed by atoms with Gasteiger partial charge in [-0.2, -0.15) is 5.26 Å². The van der Waals surface area contributed by atoms with Crippen molar-refractivity contribution in [3.05, 3.63) is 23.8 Å². The minimum Gasteiger partial charge on any atom is -0.370 e. The van der Waals surface area contributed by atoms with E-state index < -0.39 is 0 Å². The predicted molar refractivity (Wildman–Crippen MR) is 91.0 cm³/mol. The maximum atomic E-state index is 9.58. The SMILES string of the molecule is CCSc1cccc(N(CC)CC2CCNCC2)c1C#N. The van der Waals surface area contributed by atoms with Crippen molar-refractivity contribution in [2.24, 2.45) is 5.92 Å². The number of rotatable bonds is 6. The molecule has 0 aromatic heterocycles. The molecule has 2 rings (SSSR count). The number of thioether (sulfide) groups is 1. The number of nitrogens with zero attached hydrogens (tertiary/aromatic N) is 2. The second-order valence-electron chi connectivity index (χ2n) is 5.43. The lowest BCUT2D eigenvalue weighted by Gasteiger charge is -2.31. The summed E-state index contributed by atoms with van der Waals surface area (Å²) in [6.45, 7) is 8.58. The predicted octanol–water partition coefficient (Wildman–Crippen LogP) is 3.50. The van der Waals surface area contributed by atoms with Crippen molar-refractivity contribution >= 4 is 17.4 Å². The number of hydrogen-bond acceptors (Lipinski definition) is 4. The van der Waals surface area contributed by atoms with Gasteiger partial charge in [0.1, 0.15) is 6.07 Å². The standard InChI is InChI=1S/C17H25N3S/c1-3-20(13-14-8-10-19-11-9-14)16-6-5-7-17(21-4-2)15(16)12-18/h5-7,14,19H,3-4,8-11,13H2,1-2H3. The highest BCUT2D eigenvalue weighted by molar-refractivity contribution is 7.99. The minimum absolute atomic E-state index is 0.736. The Kier molecular flexibility index (Phi) is 6.41. The van der Waals surface area contributed by atoms with Gasteiger partial charge in [-0.1, -0.05) is 13.0 Å². The lowest BCUT2D eigenvalue weighted by molar-refractivity contribution is 0.374. The summed E-state index contributed by atoms with van der Waals surface area (Å²) in [4.78, 5) is 3.50. The van der Waals surface area contributed by atoms with Gasteiger partial charge in [0.15, 0.2) is 0 Å². The van der Waals surface area contributed by atoms with E-state index >= 15 is 0 Å². The van der Waals surface area contributed by atoms with Crippen molar-refractivity contribution < 1.29 is 0 Å². The Balaban J connectivity index is 2.20. The molecule has 3 nitrogen and oxygen atoms in total. The monoisotopic (exact) mass is 303 g/mol. The van der Waals surface area contributed by atoms with Crippen LogP contribution in [0.5, 0.6) is 0 Å². The summed E-state index contributed by atoms with van der Waals surface area (Å²) >= 11 is 1.76. The van der Waals surface area contributed by atoms with E-state index in [0.717, 1.165) is 54.0 Å². The maximum Gasteiger partial charge on any atom is 0.103 e. The number of nitrogens with one attached hydrogen (secondary N) is 1. The highest BCUT2D eigenvalue weighted by atomic mass is 32.2. The van der Waals surface area contributed by atoms with Crippen LogP contribution in [-0.4, -0.2) is 31.9 Å². The molecule has 1 aliphatic rings. The molecule has 1 N–H and O–H groups in total. The summed E-state index contributed by atoms with van der Waals surface area (Å²) in [6.07, 6.45) is 2.48.